The quantitative estimate of drug-likeness (QED) is 0.601. The molecule has 0 aliphatic carbocycles. The number of benzene rings is 1. The molecule has 0 saturated heterocycles. The smallest absolute Gasteiger partial charge is 0.306 e. The summed E-state index contributed by atoms with van der Waals surface area (Å²) in [6, 6.07) is 3.90. The van der Waals surface area contributed by atoms with E-state index >= 15 is 0 Å². The maximum absolute atomic E-state index is 14.7. The second kappa shape index (κ2) is 7.61. The summed E-state index contributed by atoms with van der Waals surface area (Å²) < 4.78 is 20.7. The van der Waals surface area contributed by atoms with E-state index in [1.807, 2.05) is 6.92 Å². The van der Waals surface area contributed by atoms with Gasteiger partial charge in [-0.1, -0.05) is 26.6 Å². The zero-order valence-electron chi connectivity index (χ0n) is 17.1. The van der Waals surface area contributed by atoms with Gasteiger partial charge < -0.3 is 19.9 Å². The fourth-order valence-corrected chi connectivity index (χ4v) is 5.98. The number of carboxylic acids is 1. The Bertz CT molecular complexity index is 889. The lowest BCUT2D eigenvalue weighted by Crippen LogP contribution is -2.37. The van der Waals surface area contributed by atoms with Gasteiger partial charge in [-0.25, -0.2) is 4.39 Å². The van der Waals surface area contributed by atoms with E-state index in [0.717, 1.165) is 16.6 Å². The molecular formula is C21H30FNO4Si. The zero-order valence-corrected chi connectivity index (χ0v) is 18.1. The van der Waals surface area contributed by atoms with Gasteiger partial charge in [0.05, 0.1) is 30.3 Å². The van der Waals surface area contributed by atoms with Gasteiger partial charge in [0.15, 0.2) is 0 Å². The molecule has 0 radical (unpaired) electrons. The summed E-state index contributed by atoms with van der Waals surface area (Å²) in [6.45, 7) is 8.88. The molecule has 7 heteroatoms. The number of aliphatic carboxylic acids is 1. The Morgan fingerprint density at radius 3 is 2.71 bits per heavy atom. The van der Waals surface area contributed by atoms with E-state index in [1.165, 1.54) is 6.07 Å². The highest BCUT2D eigenvalue weighted by atomic mass is 28.3. The van der Waals surface area contributed by atoms with Crippen molar-refractivity contribution in [1.82, 2.24) is 4.98 Å². The van der Waals surface area contributed by atoms with E-state index in [0.29, 0.717) is 36.6 Å². The summed E-state index contributed by atoms with van der Waals surface area (Å²) >= 11 is 0. The molecule has 28 heavy (non-hydrogen) atoms. The average Bonchev–Trinajstić information content (AvgIpc) is 2.95. The fraction of sp³-hybridized carbons (Fsp3) is 0.571. The van der Waals surface area contributed by atoms with E-state index in [1.54, 1.807) is 6.07 Å². The standard InChI is InChI=1S/C21H30FNO4Si/c1-5-21(11-18(25)26)20-15(8-9-27-21)14-6-7-17(22)16(19(14)23-20)10-13(24)12-28(2,3)4/h6-7,13,23-24H,5,8-12H2,1-4H3,(H,25,26). The molecule has 0 spiro atoms. The number of nitrogens with one attached hydrogen (secondary N) is 1. The van der Waals surface area contributed by atoms with Crippen LogP contribution in [0.15, 0.2) is 12.1 Å². The van der Waals surface area contributed by atoms with Gasteiger partial charge in [-0.05, 0) is 36.6 Å². The van der Waals surface area contributed by atoms with Gasteiger partial charge in [0, 0.05) is 25.4 Å². The number of aromatic nitrogens is 1. The molecule has 0 fully saturated rings. The second-order valence-electron chi connectivity index (χ2n) is 9.07. The first-order chi connectivity index (χ1) is 13.1. The monoisotopic (exact) mass is 407 g/mol. The summed E-state index contributed by atoms with van der Waals surface area (Å²) in [5.74, 6) is -1.27. The van der Waals surface area contributed by atoms with Crippen LogP contribution in [-0.2, 0) is 28.0 Å². The van der Waals surface area contributed by atoms with Gasteiger partial charge in [0.25, 0.3) is 0 Å². The Labute approximate surface area is 165 Å². The Balaban J connectivity index is 2.10. The van der Waals surface area contributed by atoms with Crippen molar-refractivity contribution in [3.05, 3.63) is 34.8 Å². The molecule has 2 atom stereocenters. The molecule has 0 amide bonds. The van der Waals surface area contributed by atoms with E-state index in [-0.39, 0.29) is 18.7 Å². The predicted molar refractivity (Wildman–Crippen MR) is 110 cm³/mol. The van der Waals surface area contributed by atoms with Crippen LogP contribution in [0, 0.1) is 5.82 Å². The number of aromatic amines is 1. The summed E-state index contributed by atoms with van der Waals surface area (Å²) in [6.07, 6.45) is 0.665. The molecule has 1 aliphatic heterocycles. The summed E-state index contributed by atoms with van der Waals surface area (Å²) in [4.78, 5) is 14.8. The van der Waals surface area contributed by atoms with Gasteiger partial charge in [-0.15, -0.1) is 0 Å². The largest absolute Gasteiger partial charge is 0.481 e. The van der Waals surface area contributed by atoms with Gasteiger partial charge in [0.2, 0.25) is 0 Å². The number of hydrogen-bond donors (Lipinski definition) is 3. The van der Waals surface area contributed by atoms with Crippen molar-refractivity contribution >= 4 is 24.9 Å². The van der Waals surface area contributed by atoms with Gasteiger partial charge in [0.1, 0.15) is 11.4 Å². The third-order valence-corrected chi connectivity index (χ3v) is 7.31. The summed E-state index contributed by atoms with van der Waals surface area (Å²) in [5.41, 5.74) is 1.95. The van der Waals surface area contributed by atoms with Crippen LogP contribution in [0.3, 0.4) is 0 Å². The summed E-state index contributed by atoms with van der Waals surface area (Å²) in [7, 11) is -1.48. The zero-order chi connectivity index (χ0) is 20.7. The Hall–Kier alpha value is -1.70. The van der Waals surface area contributed by atoms with Crippen molar-refractivity contribution in [2.75, 3.05) is 6.61 Å². The van der Waals surface area contributed by atoms with Gasteiger partial charge in [-0.2, -0.15) is 0 Å². The topological polar surface area (TPSA) is 82.5 Å². The van der Waals surface area contributed by atoms with Crippen molar-refractivity contribution in [3.63, 3.8) is 0 Å². The van der Waals surface area contributed by atoms with Crippen LogP contribution in [0.4, 0.5) is 4.39 Å². The summed E-state index contributed by atoms with van der Waals surface area (Å²) in [5, 5.41) is 20.9. The fourth-order valence-electron chi connectivity index (χ4n) is 4.42. The number of aliphatic hydroxyl groups excluding tert-OH is 1. The number of fused-ring (bicyclic) bond motifs is 3. The highest BCUT2D eigenvalue weighted by Crippen LogP contribution is 2.42. The Morgan fingerprint density at radius 2 is 2.11 bits per heavy atom. The first-order valence-electron chi connectivity index (χ1n) is 9.92. The van der Waals surface area contributed by atoms with Crippen LogP contribution in [0.1, 0.15) is 36.6 Å². The number of aliphatic hydroxyl groups is 1. The van der Waals surface area contributed by atoms with E-state index in [9.17, 15) is 19.4 Å². The lowest BCUT2D eigenvalue weighted by atomic mass is 9.86. The molecule has 1 aromatic heterocycles. The molecule has 0 bridgehead atoms. The molecule has 0 saturated carbocycles. The number of hydrogen-bond acceptors (Lipinski definition) is 3. The molecule has 154 valence electrons. The van der Waals surface area contributed by atoms with Crippen molar-refractivity contribution in [1.29, 1.82) is 0 Å². The lowest BCUT2D eigenvalue weighted by Gasteiger charge is -2.35. The molecule has 3 rings (SSSR count). The van der Waals surface area contributed by atoms with Gasteiger partial charge in [-0.3, -0.25) is 4.79 Å². The number of ether oxygens (including phenoxy) is 1. The van der Waals surface area contributed by atoms with Crippen molar-refractivity contribution in [2.24, 2.45) is 0 Å². The maximum atomic E-state index is 14.7. The molecule has 5 nitrogen and oxygen atoms in total. The Morgan fingerprint density at radius 1 is 1.39 bits per heavy atom. The molecule has 2 unspecified atom stereocenters. The maximum Gasteiger partial charge on any atom is 0.306 e. The highest BCUT2D eigenvalue weighted by Gasteiger charge is 2.41. The molecule has 3 N–H and O–H groups in total. The number of rotatable bonds is 7. The first-order valence-corrected chi connectivity index (χ1v) is 13.6. The van der Waals surface area contributed by atoms with Crippen LogP contribution in [0.25, 0.3) is 10.9 Å². The molecule has 1 aromatic carbocycles. The number of halogens is 1. The van der Waals surface area contributed by atoms with E-state index in [2.05, 4.69) is 24.6 Å². The van der Waals surface area contributed by atoms with Crippen molar-refractivity contribution in [3.8, 4) is 0 Å². The SMILES string of the molecule is CCC1(CC(=O)O)OCCc2c1[nH]c1c(CC(O)C[Si](C)(C)C)c(F)ccc21. The Kier molecular flexibility index (Phi) is 5.71. The molecular weight excluding hydrogens is 377 g/mol. The first kappa shape index (κ1) is 21.0. The van der Waals surface area contributed by atoms with Crippen LogP contribution < -0.4 is 0 Å². The van der Waals surface area contributed by atoms with Crippen LogP contribution >= 0.6 is 0 Å². The van der Waals surface area contributed by atoms with Gasteiger partial charge >= 0.3 is 5.97 Å². The number of carboxylic acid groups (broad SMARTS) is 1. The third-order valence-electron chi connectivity index (χ3n) is 5.61. The average molecular weight is 408 g/mol. The number of carbonyl (C=O) groups is 1. The highest BCUT2D eigenvalue weighted by molar-refractivity contribution is 6.76. The van der Waals surface area contributed by atoms with Crippen LogP contribution in [-0.4, -0.2) is 42.0 Å². The number of H-pyrrole nitrogens is 1. The van der Waals surface area contributed by atoms with E-state index < -0.39 is 25.7 Å². The van der Waals surface area contributed by atoms with Crippen molar-refractivity contribution in [2.45, 2.75) is 70.0 Å². The molecule has 2 aromatic rings. The predicted octanol–water partition coefficient (Wildman–Crippen LogP) is 4.20. The minimum atomic E-state index is -1.48. The third kappa shape index (κ3) is 4.02. The normalized spacial score (nSPS) is 20.9. The van der Waals surface area contributed by atoms with Crippen LogP contribution in [0.2, 0.25) is 25.7 Å². The van der Waals surface area contributed by atoms with Crippen LogP contribution in [0.5, 0.6) is 0 Å². The van der Waals surface area contributed by atoms with Crippen molar-refractivity contribution < 1.29 is 24.1 Å². The minimum absolute atomic E-state index is 0.139. The molecule has 1 aliphatic rings. The minimum Gasteiger partial charge on any atom is -0.481 e. The lowest BCUT2D eigenvalue weighted by molar-refractivity contribution is -0.148. The second-order valence-corrected chi connectivity index (χ2v) is 14.6. The molecule has 2 heterocycles. The van der Waals surface area contributed by atoms with E-state index in [4.69, 9.17) is 4.74 Å².